The Hall–Kier alpha value is -2.70. The summed E-state index contributed by atoms with van der Waals surface area (Å²) < 4.78 is 0. The summed E-state index contributed by atoms with van der Waals surface area (Å²) in [6.07, 6.45) is 0. The SMILES string of the molecule is CC(C(=O)N1CCNC1=O)N1CCN(C(c2ccccc2)c2ccccc2)CC1. The minimum atomic E-state index is -0.284. The Morgan fingerprint density at radius 2 is 1.34 bits per heavy atom. The lowest BCUT2D eigenvalue weighted by atomic mass is 9.96. The first-order valence-corrected chi connectivity index (χ1v) is 10.3. The molecule has 2 aromatic carbocycles. The predicted octanol–water partition coefficient (Wildman–Crippen LogP) is 2.33. The van der Waals surface area contributed by atoms with Gasteiger partial charge in [-0.05, 0) is 18.1 Å². The van der Waals surface area contributed by atoms with Crippen LogP contribution in [0.2, 0.25) is 0 Å². The van der Waals surface area contributed by atoms with Gasteiger partial charge >= 0.3 is 6.03 Å². The van der Waals surface area contributed by atoms with Gasteiger partial charge in [0.2, 0.25) is 5.91 Å². The average molecular weight is 393 g/mol. The first-order chi connectivity index (χ1) is 14.1. The second-order valence-corrected chi connectivity index (χ2v) is 7.69. The Kier molecular flexibility index (Phi) is 5.92. The molecular weight excluding hydrogens is 364 g/mol. The zero-order chi connectivity index (χ0) is 20.2. The van der Waals surface area contributed by atoms with Crippen molar-refractivity contribution in [1.29, 1.82) is 0 Å². The molecule has 6 nitrogen and oxygen atoms in total. The van der Waals surface area contributed by atoms with Crippen LogP contribution in [0.15, 0.2) is 60.7 Å². The molecule has 6 heteroatoms. The predicted molar refractivity (Wildman–Crippen MR) is 112 cm³/mol. The van der Waals surface area contributed by atoms with E-state index in [1.807, 2.05) is 19.1 Å². The van der Waals surface area contributed by atoms with E-state index in [1.54, 1.807) is 0 Å². The molecule has 0 bridgehead atoms. The molecule has 0 saturated carbocycles. The summed E-state index contributed by atoms with van der Waals surface area (Å²) in [6.45, 7) is 6.27. The number of piperazine rings is 1. The van der Waals surface area contributed by atoms with Gasteiger partial charge in [0.25, 0.3) is 0 Å². The third-order valence-corrected chi connectivity index (χ3v) is 5.97. The summed E-state index contributed by atoms with van der Waals surface area (Å²) in [5, 5.41) is 2.71. The van der Waals surface area contributed by atoms with E-state index < -0.39 is 0 Å². The van der Waals surface area contributed by atoms with E-state index in [4.69, 9.17) is 0 Å². The minimum absolute atomic E-state index is 0.101. The topological polar surface area (TPSA) is 55.9 Å². The molecule has 0 spiro atoms. The number of carbonyl (C=O) groups is 2. The van der Waals surface area contributed by atoms with Gasteiger partial charge in [0.1, 0.15) is 0 Å². The van der Waals surface area contributed by atoms with E-state index in [-0.39, 0.29) is 24.0 Å². The summed E-state index contributed by atoms with van der Waals surface area (Å²) in [6, 6.07) is 20.8. The Morgan fingerprint density at radius 1 is 0.828 bits per heavy atom. The van der Waals surface area contributed by atoms with Crippen LogP contribution in [0.5, 0.6) is 0 Å². The number of nitrogens with zero attached hydrogens (tertiary/aromatic N) is 3. The van der Waals surface area contributed by atoms with Crippen LogP contribution in [0, 0.1) is 0 Å². The molecule has 3 amide bonds. The van der Waals surface area contributed by atoms with Gasteiger partial charge in [-0.1, -0.05) is 60.7 Å². The normalized spacial score (nSPS) is 19.4. The fourth-order valence-electron chi connectivity index (χ4n) is 4.33. The fourth-order valence-corrected chi connectivity index (χ4v) is 4.33. The molecule has 2 heterocycles. The second kappa shape index (κ2) is 8.76. The third kappa shape index (κ3) is 4.18. The maximum absolute atomic E-state index is 12.7. The molecule has 2 fully saturated rings. The van der Waals surface area contributed by atoms with Crippen molar-refractivity contribution in [2.75, 3.05) is 39.3 Å². The smallest absolute Gasteiger partial charge is 0.324 e. The molecular formula is C23H28N4O2. The molecule has 1 unspecified atom stereocenters. The number of nitrogens with one attached hydrogen (secondary N) is 1. The molecule has 1 N–H and O–H groups in total. The number of benzene rings is 2. The standard InChI is InChI=1S/C23H28N4O2/c1-18(22(28)27-13-12-24-23(27)29)25-14-16-26(17-15-25)21(19-8-4-2-5-9-19)20-10-6-3-7-11-20/h2-11,18,21H,12-17H2,1H3,(H,24,29). The van der Waals surface area contributed by atoms with Crippen LogP contribution in [-0.2, 0) is 4.79 Å². The van der Waals surface area contributed by atoms with Crippen molar-refractivity contribution >= 4 is 11.9 Å². The lowest BCUT2D eigenvalue weighted by Gasteiger charge is -2.41. The Labute approximate surface area is 172 Å². The summed E-state index contributed by atoms with van der Waals surface area (Å²) in [4.78, 5) is 30.6. The number of hydrogen-bond donors (Lipinski definition) is 1. The molecule has 2 aliphatic rings. The van der Waals surface area contributed by atoms with Crippen molar-refractivity contribution in [3.63, 3.8) is 0 Å². The quantitative estimate of drug-likeness (QED) is 0.849. The number of urea groups is 1. The third-order valence-electron chi connectivity index (χ3n) is 5.97. The summed E-state index contributed by atoms with van der Waals surface area (Å²) in [5.41, 5.74) is 2.56. The highest BCUT2D eigenvalue weighted by atomic mass is 16.2. The van der Waals surface area contributed by atoms with Crippen molar-refractivity contribution in [1.82, 2.24) is 20.0 Å². The van der Waals surface area contributed by atoms with Crippen LogP contribution in [-0.4, -0.2) is 71.9 Å². The number of imide groups is 1. The van der Waals surface area contributed by atoms with Crippen LogP contribution in [0.3, 0.4) is 0 Å². The van der Waals surface area contributed by atoms with E-state index in [9.17, 15) is 9.59 Å². The molecule has 152 valence electrons. The van der Waals surface area contributed by atoms with Gasteiger partial charge in [-0.2, -0.15) is 0 Å². The van der Waals surface area contributed by atoms with Gasteiger partial charge < -0.3 is 5.32 Å². The zero-order valence-electron chi connectivity index (χ0n) is 16.8. The van der Waals surface area contributed by atoms with Gasteiger partial charge in [-0.25, -0.2) is 4.79 Å². The van der Waals surface area contributed by atoms with Gasteiger partial charge in [-0.3, -0.25) is 19.5 Å². The average Bonchev–Trinajstić information content (AvgIpc) is 3.21. The maximum atomic E-state index is 12.7. The first-order valence-electron chi connectivity index (χ1n) is 10.3. The first kappa shape index (κ1) is 19.6. The van der Waals surface area contributed by atoms with Crippen molar-refractivity contribution < 1.29 is 9.59 Å². The van der Waals surface area contributed by atoms with Gasteiger partial charge in [0, 0.05) is 39.3 Å². The molecule has 2 aromatic rings. The highest BCUT2D eigenvalue weighted by molar-refractivity contribution is 5.98. The largest absolute Gasteiger partial charge is 0.336 e. The highest BCUT2D eigenvalue weighted by Crippen LogP contribution is 2.29. The molecule has 0 aromatic heterocycles. The molecule has 2 saturated heterocycles. The lowest BCUT2D eigenvalue weighted by Crippen LogP contribution is -2.55. The van der Waals surface area contributed by atoms with Crippen molar-refractivity contribution in [2.24, 2.45) is 0 Å². The van der Waals surface area contributed by atoms with E-state index in [1.165, 1.54) is 16.0 Å². The molecule has 2 aliphatic heterocycles. The Bertz CT molecular complexity index is 795. The number of hydrogen-bond acceptors (Lipinski definition) is 4. The Balaban J connectivity index is 1.45. The molecule has 4 rings (SSSR count). The molecule has 0 aliphatic carbocycles. The summed E-state index contributed by atoms with van der Waals surface area (Å²) in [7, 11) is 0. The summed E-state index contributed by atoms with van der Waals surface area (Å²) >= 11 is 0. The van der Waals surface area contributed by atoms with Gasteiger partial charge in [-0.15, -0.1) is 0 Å². The van der Waals surface area contributed by atoms with Crippen LogP contribution in [0.25, 0.3) is 0 Å². The second-order valence-electron chi connectivity index (χ2n) is 7.69. The highest BCUT2D eigenvalue weighted by Gasteiger charge is 2.35. The maximum Gasteiger partial charge on any atom is 0.324 e. The fraction of sp³-hybridized carbons (Fsp3) is 0.391. The Morgan fingerprint density at radius 3 is 1.83 bits per heavy atom. The summed E-state index contributed by atoms with van der Waals surface area (Å²) in [5.74, 6) is -0.101. The number of amides is 3. The van der Waals surface area contributed by atoms with E-state index >= 15 is 0 Å². The van der Waals surface area contributed by atoms with Crippen LogP contribution < -0.4 is 5.32 Å². The lowest BCUT2D eigenvalue weighted by molar-refractivity contribution is -0.133. The number of carbonyl (C=O) groups excluding carboxylic acids is 2. The van der Waals surface area contributed by atoms with Crippen LogP contribution in [0.1, 0.15) is 24.1 Å². The van der Waals surface area contributed by atoms with E-state index in [0.29, 0.717) is 13.1 Å². The van der Waals surface area contributed by atoms with E-state index in [2.05, 4.69) is 63.6 Å². The molecule has 1 atom stereocenters. The minimum Gasteiger partial charge on any atom is -0.336 e. The van der Waals surface area contributed by atoms with Crippen molar-refractivity contribution in [3.05, 3.63) is 71.8 Å². The molecule has 0 radical (unpaired) electrons. The van der Waals surface area contributed by atoms with E-state index in [0.717, 1.165) is 26.2 Å². The van der Waals surface area contributed by atoms with Crippen molar-refractivity contribution in [3.8, 4) is 0 Å². The zero-order valence-corrected chi connectivity index (χ0v) is 16.8. The van der Waals surface area contributed by atoms with Gasteiger partial charge in [0.15, 0.2) is 0 Å². The number of rotatable bonds is 5. The molecule has 29 heavy (non-hydrogen) atoms. The van der Waals surface area contributed by atoms with Crippen LogP contribution >= 0.6 is 0 Å². The van der Waals surface area contributed by atoms with Gasteiger partial charge in [0.05, 0.1) is 12.1 Å². The monoisotopic (exact) mass is 392 g/mol. The van der Waals surface area contributed by atoms with Crippen molar-refractivity contribution in [2.45, 2.75) is 19.0 Å². The van der Waals surface area contributed by atoms with Crippen LogP contribution in [0.4, 0.5) is 4.79 Å².